The number of nitrogens with one attached hydrogen (secondary N) is 2. The van der Waals surface area contributed by atoms with Gasteiger partial charge in [0.05, 0.1) is 17.9 Å². The first-order valence-electron chi connectivity index (χ1n) is 8.74. The number of carbonyl (C=O) groups excluding carboxylic acids is 1. The second-order valence-corrected chi connectivity index (χ2v) is 7.90. The summed E-state index contributed by atoms with van der Waals surface area (Å²) in [5.74, 6) is 1.01. The molecule has 1 unspecified atom stereocenters. The lowest BCUT2D eigenvalue weighted by molar-refractivity contribution is 0.236. The van der Waals surface area contributed by atoms with E-state index >= 15 is 0 Å². The molecule has 0 bridgehead atoms. The second kappa shape index (κ2) is 8.06. The number of thioether (sulfide) groups is 1. The summed E-state index contributed by atoms with van der Waals surface area (Å²) in [5.41, 5.74) is 3.05. The van der Waals surface area contributed by atoms with Crippen LogP contribution in [-0.4, -0.2) is 21.6 Å². The van der Waals surface area contributed by atoms with E-state index in [1.807, 2.05) is 54.4 Å². The van der Waals surface area contributed by atoms with Gasteiger partial charge < -0.3 is 10.6 Å². The quantitative estimate of drug-likeness (QED) is 0.677. The lowest BCUT2D eigenvalue weighted by Crippen LogP contribution is -2.38. The third kappa shape index (κ3) is 4.28. The lowest BCUT2D eigenvalue weighted by Gasteiger charge is -2.25. The van der Waals surface area contributed by atoms with Gasteiger partial charge in [0, 0.05) is 34.0 Å². The maximum Gasteiger partial charge on any atom is 0.315 e. The molecule has 1 aliphatic heterocycles. The van der Waals surface area contributed by atoms with Crippen molar-refractivity contribution in [3.63, 3.8) is 0 Å². The Hall–Kier alpha value is -2.44. The molecule has 0 saturated heterocycles. The van der Waals surface area contributed by atoms with E-state index < -0.39 is 0 Å². The van der Waals surface area contributed by atoms with Gasteiger partial charge in [0.1, 0.15) is 0 Å². The fourth-order valence-electron chi connectivity index (χ4n) is 3.07. The average Bonchev–Trinajstić information content (AvgIpc) is 3.16. The first kappa shape index (κ1) is 17.9. The van der Waals surface area contributed by atoms with Gasteiger partial charge in [-0.1, -0.05) is 29.8 Å². The molecule has 4 rings (SSSR count). The van der Waals surface area contributed by atoms with E-state index in [2.05, 4.69) is 27.9 Å². The molecule has 0 aliphatic carbocycles. The Morgan fingerprint density at radius 3 is 2.89 bits per heavy atom. The normalized spacial score (nSPS) is 15.8. The number of nitrogens with zero attached hydrogens (tertiary/aromatic N) is 2. The highest BCUT2D eigenvalue weighted by Gasteiger charge is 2.21. The number of carbonyl (C=O) groups is 1. The summed E-state index contributed by atoms with van der Waals surface area (Å²) >= 11 is 7.76. The van der Waals surface area contributed by atoms with Gasteiger partial charge in [-0.2, -0.15) is 5.10 Å². The standard InChI is InChI=1S/C20H19ClN4OS/c21-15-5-7-16(8-6-15)25-13-14(12-23-25)11-22-20(26)24-18-9-10-27-19-4-2-1-3-17(18)19/h1-8,12-13,18H,9-11H2,(H2,22,24,26). The third-order valence-corrected chi connectivity index (χ3v) is 5.82. The zero-order chi connectivity index (χ0) is 18.6. The average molecular weight is 399 g/mol. The SMILES string of the molecule is O=C(NCc1cnn(-c2ccc(Cl)cc2)c1)NC1CCSc2ccccc21. The van der Waals surface area contributed by atoms with Crippen LogP contribution in [-0.2, 0) is 6.54 Å². The number of hydrogen-bond donors (Lipinski definition) is 2. The fraction of sp³-hybridized carbons (Fsp3) is 0.200. The van der Waals surface area contributed by atoms with Crippen LogP contribution in [0.2, 0.25) is 5.02 Å². The highest BCUT2D eigenvalue weighted by Crippen LogP contribution is 2.35. The van der Waals surface area contributed by atoms with Crippen LogP contribution >= 0.6 is 23.4 Å². The minimum absolute atomic E-state index is 0.0549. The summed E-state index contributed by atoms with van der Waals surface area (Å²) in [6, 6.07) is 15.6. The number of hydrogen-bond acceptors (Lipinski definition) is 3. The van der Waals surface area contributed by atoms with Gasteiger partial charge in [-0.25, -0.2) is 9.48 Å². The Morgan fingerprint density at radius 1 is 1.22 bits per heavy atom. The predicted octanol–water partition coefficient (Wildman–Crippen LogP) is 4.56. The Labute approximate surface area is 167 Å². The van der Waals surface area contributed by atoms with Crippen LogP contribution in [0.4, 0.5) is 4.79 Å². The molecule has 0 radical (unpaired) electrons. The number of urea groups is 1. The second-order valence-electron chi connectivity index (χ2n) is 6.32. The Morgan fingerprint density at radius 2 is 2.04 bits per heavy atom. The van der Waals surface area contributed by atoms with Crippen molar-refractivity contribution in [1.29, 1.82) is 0 Å². The van der Waals surface area contributed by atoms with Crippen LogP contribution in [0.15, 0.2) is 65.8 Å². The lowest BCUT2D eigenvalue weighted by atomic mass is 10.0. The number of rotatable bonds is 4. The maximum atomic E-state index is 12.3. The van der Waals surface area contributed by atoms with E-state index in [0.717, 1.165) is 23.4 Å². The number of fused-ring (bicyclic) bond motifs is 1. The molecule has 0 fully saturated rings. The monoisotopic (exact) mass is 398 g/mol. The molecule has 2 heterocycles. The van der Waals surface area contributed by atoms with E-state index in [4.69, 9.17) is 11.6 Å². The van der Waals surface area contributed by atoms with Crippen molar-refractivity contribution >= 4 is 29.4 Å². The number of halogens is 1. The molecular formula is C20H19ClN4OS. The molecular weight excluding hydrogens is 380 g/mol. The van der Waals surface area contributed by atoms with Crippen LogP contribution in [0.5, 0.6) is 0 Å². The van der Waals surface area contributed by atoms with E-state index in [-0.39, 0.29) is 12.1 Å². The van der Waals surface area contributed by atoms with Crippen LogP contribution in [0, 0.1) is 0 Å². The van der Waals surface area contributed by atoms with Crippen molar-refractivity contribution in [2.45, 2.75) is 23.9 Å². The zero-order valence-corrected chi connectivity index (χ0v) is 16.1. The summed E-state index contributed by atoms with van der Waals surface area (Å²) in [5, 5.41) is 11.0. The van der Waals surface area contributed by atoms with Crippen LogP contribution in [0.25, 0.3) is 5.69 Å². The van der Waals surface area contributed by atoms with E-state index in [1.54, 1.807) is 10.9 Å². The Bertz CT molecular complexity index is 941. The zero-order valence-electron chi connectivity index (χ0n) is 14.6. The molecule has 1 aromatic heterocycles. The van der Waals surface area contributed by atoms with Gasteiger partial charge in [-0.3, -0.25) is 0 Å². The Kier molecular flexibility index (Phi) is 5.36. The summed E-state index contributed by atoms with van der Waals surface area (Å²) in [6.45, 7) is 0.419. The van der Waals surface area contributed by atoms with Gasteiger partial charge in [-0.15, -0.1) is 11.8 Å². The molecule has 0 saturated carbocycles. The molecule has 5 nitrogen and oxygen atoms in total. The fourth-order valence-corrected chi connectivity index (χ4v) is 4.32. The van der Waals surface area contributed by atoms with Crippen molar-refractivity contribution in [2.24, 2.45) is 0 Å². The van der Waals surface area contributed by atoms with Crippen molar-refractivity contribution in [3.05, 3.63) is 77.1 Å². The maximum absolute atomic E-state index is 12.3. The van der Waals surface area contributed by atoms with Crippen LogP contribution in [0.3, 0.4) is 0 Å². The summed E-state index contributed by atoms with van der Waals surface area (Å²) < 4.78 is 1.76. The third-order valence-electron chi connectivity index (χ3n) is 4.44. The molecule has 7 heteroatoms. The predicted molar refractivity (Wildman–Crippen MR) is 108 cm³/mol. The highest BCUT2D eigenvalue weighted by atomic mass is 35.5. The molecule has 27 heavy (non-hydrogen) atoms. The molecule has 1 atom stereocenters. The van der Waals surface area contributed by atoms with Gasteiger partial charge in [0.15, 0.2) is 0 Å². The van der Waals surface area contributed by atoms with Gasteiger partial charge in [0.25, 0.3) is 0 Å². The molecule has 138 valence electrons. The van der Waals surface area contributed by atoms with Crippen molar-refractivity contribution in [1.82, 2.24) is 20.4 Å². The van der Waals surface area contributed by atoms with Crippen LogP contribution in [0.1, 0.15) is 23.6 Å². The summed E-state index contributed by atoms with van der Waals surface area (Å²) in [7, 11) is 0. The largest absolute Gasteiger partial charge is 0.334 e. The molecule has 3 aromatic rings. The van der Waals surface area contributed by atoms with E-state index in [0.29, 0.717) is 11.6 Å². The van der Waals surface area contributed by atoms with E-state index in [9.17, 15) is 4.79 Å². The van der Waals surface area contributed by atoms with Crippen molar-refractivity contribution in [2.75, 3.05) is 5.75 Å². The van der Waals surface area contributed by atoms with Crippen LogP contribution < -0.4 is 10.6 Å². The topological polar surface area (TPSA) is 59.0 Å². The minimum Gasteiger partial charge on any atom is -0.334 e. The molecule has 2 N–H and O–H groups in total. The first-order valence-corrected chi connectivity index (χ1v) is 10.1. The molecule has 1 aliphatic rings. The summed E-state index contributed by atoms with van der Waals surface area (Å²) in [6.07, 6.45) is 4.58. The van der Waals surface area contributed by atoms with E-state index in [1.165, 1.54) is 10.5 Å². The Balaban J connectivity index is 1.34. The summed E-state index contributed by atoms with van der Waals surface area (Å²) in [4.78, 5) is 13.6. The van der Waals surface area contributed by atoms with Gasteiger partial charge >= 0.3 is 6.03 Å². The number of aromatic nitrogens is 2. The highest BCUT2D eigenvalue weighted by molar-refractivity contribution is 7.99. The van der Waals surface area contributed by atoms with Crippen molar-refractivity contribution < 1.29 is 4.79 Å². The smallest absolute Gasteiger partial charge is 0.315 e. The first-order chi connectivity index (χ1) is 13.2. The minimum atomic E-state index is -0.166. The van der Waals surface area contributed by atoms with Gasteiger partial charge in [-0.05, 0) is 42.3 Å². The number of amides is 2. The van der Waals surface area contributed by atoms with Gasteiger partial charge in [0.2, 0.25) is 0 Å². The molecule has 0 spiro atoms. The number of benzene rings is 2. The van der Waals surface area contributed by atoms with Crippen molar-refractivity contribution in [3.8, 4) is 5.69 Å². The molecule has 2 amide bonds. The molecule has 2 aromatic carbocycles.